The van der Waals surface area contributed by atoms with Gasteiger partial charge in [0, 0.05) is 5.69 Å². The minimum Gasteiger partial charge on any atom is -0.737 e. The maximum atomic E-state index is 11.7. The maximum absolute atomic E-state index is 11.7. The van der Waals surface area contributed by atoms with Gasteiger partial charge in [-0.3, -0.25) is 5.21 Å². The first-order chi connectivity index (χ1) is 7.79. The molecule has 0 spiro atoms. The van der Waals surface area contributed by atoms with Crippen LogP contribution < -0.4 is 10.3 Å². The summed E-state index contributed by atoms with van der Waals surface area (Å²) in [6, 6.07) is 17.1. The molecule has 2 aromatic carbocycles. The Morgan fingerprint density at radius 1 is 0.750 bits per heavy atom. The van der Waals surface area contributed by atoms with Crippen LogP contribution in [0.1, 0.15) is 0 Å². The highest BCUT2D eigenvalue weighted by atomic mass is 16.7. The summed E-state index contributed by atoms with van der Waals surface area (Å²) in [7, 11) is 0. The molecule has 0 amide bonds. The van der Waals surface area contributed by atoms with Crippen LogP contribution in [0.15, 0.2) is 60.7 Å². The lowest BCUT2D eigenvalue weighted by Gasteiger charge is -2.37. The highest BCUT2D eigenvalue weighted by Gasteiger charge is 2.04. The SMILES string of the molecule is [O-]N(c1ccccc1)N(O)c1ccccc1. The molecular weight excluding hydrogens is 204 g/mol. The third-order valence-corrected chi connectivity index (χ3v) is 2.14. The first-order valence-electron chi connectivity index (χ1n) is 4.85. The molecule has 4 nitrogen and oxygen atoms in total. The molecule has 4 heteroatoms. The van der Waals surface area contributed by atoms with E-state index in [0.717, 1.165) is 0 Å². The van der Waals surface area contributed by atoms with Crippen molar-refractivity contribution in [3.63, 3.8) is 0 Å². The molecule has 0 unspecified atom stereocenters. The number of hydrazine groups is 1. The fourth-order valence-electron chi connectivity index (χ4n) is 1.33. The van der Waals surface area contributed by atoms with Crippen LogP contribution in [0.4, 0.5) is 11.4 Å². The van der Waals surface area contributed by atoms with Gasteiger partial charge in [0.1, 0.15) is 0 Å². The van der Waals surface area contributed by atoms with Gasteiger partial charge in [0.25, 0.3) is 0 Å². The van der Waals surface area contributed by atoms with Crippen molar-refractivity contribution < 1.29 is 5.21 Å². The summed E-state index contributed by atoms with van der Waals surface area (Å²) < 4.78 is 0. The van der Waals surface area contributed by atoms with E-state index >= 15 is 0 Å². The molecule has 0 atom stereocenters. The van der Waals surface area contributed by atoms with Crippen molar-refractivity contribution in [1.82, 2.24) is 0 Å². The maximum Gasteiger partial charge on any atom is 0.0869 e. The van der Waals surface area contributed by atoms with Crippen LogP contribution in [0.5, 0.6) is 0 Å². The van der Waals surface area contributed by atoms with Crippen LogP contribution in [-0.2, 0) is 0 Å². The predicted octanol–water partition coefficient (Wildman–Crippen LogP) is 2.80. The molecule has 0 aliphatic carbocycles. The Morgan fingerprint density at radius 2 is 1.19 bits per heavy atom. The average molecular weight is 215 g/mol. The number of hydrogen-bond donors (Lipinski definition) is 1. The molecule has 0 saturated carbocycles. The number of hydrogen-bond acceptors (Lipinski definition) is 4. The molecule has 0 heterocycles. The highest BCUT2D eigenvalue weighted by Crippen LogP contribution is 2.19. The van der Waals surface area contributed by atoms with Crippen LogP contribution in [0.2, 0.25) is 0 Å². The van der Waals surface area contributed by atoms with E-state index in [1.165, 1.54) is 0 Å². The van der Waals surface area contributed by atoms with Crippen molar-refractivity contribution in [2.45, 2.75) is 0 Å². The summed E-state index contributed by atoms with van der Waals surface area (Å²) in [6.07, 6.45) is 0. The normalized spacial score (nSPS) is 9.88. The van der Waals surface area contributed by atoms with Crippen LogP contribution in [0.25, 0.3) is 0 Å². The van der Waals surface area contributed by atoms with Crippen molar-refractivity contribution in [2.75, 3.05) is 10.3 Å². The lowest BCUT2D eigenvalue weighted by molar-refractivity contribution is 0.254. The van der Waals surface area contributed by atoms with Gasteiger partial charge < -0.3 is 10.4 Å². The van der Waals surface area contributed by atoms with Gasteiger partial charge in [-0.05, 0) is 24.3 Å². The fourth-order valence-corrected chi connectivity index (χ4v) is 1.33. The van der Waals surface area contributed by atoms with Gasteiger partial charge >= 0.3 is 0 Å². The standard InChI is InChI=1S/C12H11N2O2/c15-13(11-7-3-1-4-8-11)14(16)12-9-5-2-6-10-12/h1-10,15H/q-1. The van der Waals surface area contributed by atoms with Crippen molar-refractivity contribution in [1.29, 1.82) is 0 Å². The topological polar surface area (TPSA) is 49.8 Å². The second-order valence-electron chi connectivity index (χ2n) is 3.23. The Kier molecular flexibility index (Phi) is 3.05. The van der Waals surface area contributed by atoms with Crippen molar-refractivity contribution in [3.8, 4) is 0 Å². The molecule has 0 aromatic heterocycles. The molecule has 2 aromatic rings. The second-order valence-corrected chi connectivity index (χ2v) is 3.23. The van der Waals surface area contributed by atoms with Gasteiger partial charge in [-0.2, -0.15) is 5.17 Å². The molecule has 0 bridgehead atoms. The van der Waals surface area contributed by atoms with E-state index in [2.05, 4.69) is 0 Å². The molecule has 16 heavy (non-hydrogen) atoms. The quantitative estimate of drug-likeness (QED) is 0.800. The van der Waals surface area contributed by atoms with Gasteiger partial charge in [-0.15, -0.1) is 0 Å². The van der Waals surface area contributed by atoms with Crippen LogP contribution in [0.3, 0.4) is 0 Å². The summed E-state index contributed by atoms with van der Waals surface area (Å²) in [6.45, 7) is 0. The van der Waals surface area contributed by atoms with E-state index in [9.17, 15) is 10.4 Å². The van der Waals surface area contributed by atoms with Gasteiger partial charge in [-0.25, -0.2) is 0 Å². The second kappa shape index (κ2) is 4.65. The van der Waals surface area contributed by atoms with Crippen LogP contribution in [0, 0.1) is 5.21 Å². The van der Waals surface area contributed by atoms with Gasteiger partial charge in [0.15, 0.2) is 0 Å². The van der Waals surface area contributed by atoms with E-state index in [0.29, 0.717) is 21.7 Å². The molecule has 0 aliphatic heterocycles. The zero-order chi connectivity index (χ0) is 11.4. The molecular formula is C12H11N2O2-. The Labute approximate surface area is 93.5 Å². The Morgan fingerprint density at radius 3 is 1.69 bits per heavy atom. The Balaban J connectivity index is 2.20. The van der Waals surface area contributed by atoms with Gasteiger partial charge in [0.05, 0.1) is 5.69 Å². The first kappa shape index (κ1) is 10.5. The lowest BCUT2D eigenvalue weighted by Crippen LogP contribution is -2.35. The smallest absolute Gasteiger partial charge is 0.0869 e. The molecule has 0 aliphatic rings. The summed E-state index contributed by atoms with van der Waals surface area (Å²) >= 11 is 0. The largest absolute Gasteiger partial charge is 0.737 e. The monoisotopic (exact) mass is 215 g/mol. The van der Waals surface area contributed by atoms with Crippen LogP contribution in [-0.4, -0.2) is 5.21 Å². The predicted molar refractivity (Wildman–Crippen MR) is 63.0 cm³/mol. The summed E-state index contributed by atoms with van der Waals surface area (Å²) in [5.41, 5.74) is 0.787. The summed E-state index contributed by atoms with van der Waals surface area (Å²) in [5, 5.41) is 22.4. The Hall–Kier alpha value is -2.04. The zero-order valence-corrected chi connectivity index (χ0v) is 8.52. The third-order valence-electron chi connectivity index (χ3n) is 2.14. The zero-order valence-electron chi connectivity index (χ0n) is 8.52. The van der Waals surface area contributed by atoms with Crippen LogP contribution >= 0.6 is 0 Å². The molecule has 1 N–H and O–H groups in total. The summed E-state index contributed by atoms with van der Waals surface area (Å²) in [5.74, 6) is 0. The molecule has 0 fully saturated rings. The van der Waals surface area contributed by atoms with Crippen molar-refractivity contribution >= 4 is 11.4 Å². The molecule has 0 saturated heterocycles. The molecule has 0 radical (unpaired) electrons. The van der Waals surface area contributed by atoms with Gasteiger partial charge in [0.2, 0.25) is 0 Å². The lowest BCUT2D eigenvalue weighted by atomic mass is 10.3. The number of para-hydroxylation sites is 2. The fraction of sp³-hybridized carbons (Fsp3) is 0. The average Bonchev–Trinajstić information content (AvgIpc) is 2.39. The Bertz CT molecular complexity index is 390. The number of rotatable bonds is 3. The summed E-state index contributed by atoms with van der Waals surface area (Å²) in [4.78, 5) is 0. The van der Waals surface area contributed by atoms with E-state index in [1.807, 2.05) is 12.1 Å². The van der Waals surface area contributed by atoms with Crippen molar-refractivity contribution in [2.24, 2.45) is 0 Å². The number of benzene rings is 2. The molecule has 2 rings (SSSR count). The minimum atomic E-state index is 0.369. The highest BCUT2D eigenvalue weighted by molar-refractivity contribution is 5.55. The van der Waals surface area contributed by atoms with E-state index in [-0.39, 0.29) is 0 Å². The van der Waals surface area contributed by atoms with Gasteiger partial charge in [-0.1, -0.05) is 36.4 Å². The van der Waals surface area contributed by atoms with E-state index in [1.54, 1.807) is 48.5 Å². The number of anilines is 2. The minimum absolute atomic E-state index is 0.369. The van der Waals surface area contributed by atoms with E-state index in [4.69, 9.17) is 0 Å². The third kappa shape index (κ3) is 2.13. The molecule has 82 valence electrons. The number of nitrogens with zero attached hydrogens (tertiary/aromatic N) is 2. The van der Waals surface area contributed by atoms with E-state index < -0.39 is 0 Å². The van der Waals surface area contributed by atoms with Crippen molar-refractivity contribution in [3.05, 3.63) is 65.9 Å². The first-order valence-corrected chi connectivity index (χ1v) is 4.85.